The molecule has 0 aliphatic carbocycles. The summed E-state index contributed by atoms with van der Waals surface area (Å²) in [6.45, 7) is 1.17. The molecule has 1 aliphatic rings. The van der Waals surface area contributed by atoms with Gasteiger partial charge in [0.2, 0.25) is 0 Å². The average molecular weight is 433 g/mol. The lowest BCUT2D eigenvalue weighted by molar-refractivity contribution is 0.0764. The van der Waals surface area contributed by atoms with Crippen LogP contribution >= 0.6 is 11.8 Å². The Morgan fingerprint density at radius 2 is 1.97 bits per heavy atom. The molecule has 5 nitrogen and oxygen atoms in total. The molecule has 0 fully saturated rings. The van der Waals surface area contributed by atoms with Crippen LogP contribution in [0.2, 0.25) is 0 Å². The molecule has 1 N–H and O–H groups in total. The van der Waals surface area contributed by atoms with Crippen molar-refractivity contribution in [2.45, 2.75) is 11.6 Å². The van der Waals surface area contributed by atoms with Gasteiger partial charge in [0.1, 0.15) is 11.5 Å². The van der Waals surface area contributed by atoms with Gasteiger partial charge in [-0.05, 0) is 48.6 Å². The van der Waals surface area contributed by atoms with Gasteiger partial charge in [0.05, 0.1) is 6.20 Å². The van der Waals surface area contributed by atoms with Crippen molar-refractivity contribution in [2.75, 3.05) is 19.3 Å². The van der Waals surface area contributed by atoms with Crippen LogP contribution in [0.3, 0.4) is 0 Å². The molecule has 5 rings (SSSR count). The molecule has 156 valence electrons. The van der Waals surface area contributed by atoms with Crippen LogP contribution in [0.4, 0.5) is 4.39 Å². The fraction of sp³-hybridized carbons (Fsp3) is 0.167. The van der Waals surface area contributed by atoms with Crippen LogP contribution in [-0.2, 0) is 0 Å². The molecule has 2 aromatic heterocycles. The van der Waals surface area contributed by atoms with Gasteiger partial charge in [-0.25, -0.2) is 9.37 Å². The number of thioether (sulfide) groups is 1. The lowest BCUT2D eigenvalue weighted by Crippen LogP contribution is -2.35. The van der Waals surface area contributed by atoms with Crippen molar-refractivity contribution in [1.82, 2.24) is 19.4 Å². The Hall–Kier alpha value is -3.32. The van der Waals surface area contributed by atoms with Crippen LogP contribution in [-0.4, -0.2) is 44.7 Å². The highest BCUT2D eigenvalue weighted by Crippen LogP contribution is 2.30. The first kappa shape index (κ1) is 19.6. The van der Waals surface area contributed by atoms with E-state index in [1.807, 2.05) is 29.5 Å². The fourth-order valence-corrected chi connectivity index (χ4v) is 4.61. The zero-order chi connectivity index (χ0) is 21.4. The highest BCUT2D eigenvalue weighted by atomic mass is 32.2. The summed E-state index contributed by atoms with van der Waals surface area (Å²) in [4.78, 5) is 22.9. The van der Waals surface area contributed by atoms with Crippen molar-refractivity contribution in [3.05, 3.63) is 84.1 Å². The summed E-state index contributed by atoms with van der Waals surface area (Å²) < 4.78 is 15.2. The van der Waals surface area contributed by atoms with E-state index in [9.17, 15) is 9.18 Å². The summed E-state index contributed by atoms with van der Waals surface area (Å²) in [6.07, 6.45) is 8.48. The lowest BCUT2D eigenvalue weighted by atomic mass is 9.99. The van der Waals surface area contributed by atoms with E-state index in [4.69, 9.17) is 0 Å². The van der Waals surface area contributed by atoms with E-state index < -0.39 is 0 Å². The number of carbonyl (C=O) groups excluding carboxylic acids is 1. The fourth-order valence-electron chi connectivity index (χ4n) is 4.07. The van der Waals surface area contributed by atoms with Crippen LogP contribution < -0.4 is 0 Å². The Kier molecular flexibility index (Phi) is 5.11. The number of fused-ring (bicyclic) bond motifs is 1. The second-order valence-corrected chi connectivity index (χ2v) is 8.19. The molecular weight excluding hydrogens is 411 g/mol. The lowest BCUT2D eigenvalue weighted by Gasteiger charge is -2.27. The topological polar surface area (TPSA) is 53.9 Å². The number of rotatable bonds is 4. The summed E-state index contributed by atoms with van der Waals surface area (Å²) in [5.74, 6) is -0.389. The van der Waals surface area contributed by atoms with Gasteiger partial charge in [0, 0.05) is 41.4 Å². The first-order valence-electron chi connectivity index (χ1n) is 10.1. The summed E-state index contributed by atoms with van der Waals surface area (Å²) >= 11 is 1.45. The number of aromatic amines is 1. The number of para-hydroxylation sites is 1. The number of aromatic nitrogens is 3. The van der Waals surface area contributed by atoms with Crippen molar-refractivity contribution >= 4 is 34.1 Å². The van der Waals surface area contributed by atoms with E-state index in [2.05, 4.69) is 28.2 Å². The third-order valence-corrected chi connectivity index (χ3v) is 6.30. The number of nitrogens with zero attached hydrogens (tertiary/aromatic N) is 3. The molecule has 0 saturated heterocycles. The second-order valence-electron chi connectivity index (χ2n) is 7.42. The van der Waals surface area contributed by atoms with E-state index in [-0.39, 0.29) is 11.7 Å². The zero-order valence-corrected chi connectivity index (χ0v) is 17.8. The Labute approximate surface area is 183 Å². The minimum atomic E-state index is -0.312. The zero-order valence-electron chi connectivity index (χ0n) is 17.0. The van der Waals surface area contributed by atoms with E-state index >= 15 is 0 Å². The summed E-state index contributed by atoms with van der Waals surface area (Å²) in [5, 5.41) is 1.90. The number of hydrogen-bond acceptors (Lipinski definition) is 3. The van der Waals surface area contributed by atoms with Gasteiger partial charge in [0.15, 0.2) is 5.16 Å². The van der Waals surface area contributed by atoms with Crippen molar-refractivity contribution < 1.29 is 9.18 Å². The summed E-state index contributed by atoms with van der Waals surface area (Å²) in [7, 11) is 0. The minimum Gasteiger partial charge on any atom is -0.361 e. The largest absolute Gasteiger partial charge is 0.361 e. The van der Waals surface area contributed by atoms with Gasteiger partial charge in [-0.2, -0.15) is 0 Å². The Morgan fingerprint density at radius 1 is 1.16 bits per heavy atom. The number of H-pyrrole nitrogens is 1. The maximum atomic E-state index is 13.4. The Balaban J connectivity index is 1.42. The van der Waals surface area contributed by atoms with Crippen molar-refractivity contribution in [1.29, 1.82) is 0 Å². The van der Waals surface area contributed by atoms with Crippen LogP contribution in [0.15, 0.2) is 72.2 Å². The first-order valence-corrected chi connectivity index (χ1v) is 11.3. The third kappa shape index (κ3) is 3.55. The van der Waals surface area contributed by atoms with Gasteiger partial charge in [-0.3, -0.25) is 9.36 Å². The van der Waals surface area contributed by atoms with E-state index in [1.54, 1.807) is 22.9 Å². The standard InChI is InChI=1S/C24H21FN4OS/c1-31-24-27-15-22(29(24)18-8-6-17(25)7-9-18)23(30)28-12-10-16(11-13-28)20-14-26-21-5-3-2-4-19(20)21/h2-10,14-15,26H,11-13H2,1H3. The molecule has 4 aromatic rings. The predicted octanol–water partition coefficient (Wildman–Crippen LogP) is 5.14. The van der Waals surface area contributed by atoms with Crippen molar-refractivity contribution in [3.8, 4) is 5.69 Å². The second kappa shape index (κ2) is 8.07. The number of amides is 1. The summed E-state index contributed by atoms with van der Waals surface area (Å²) in [5.41, 5.74) is 4.77. The predicted molar refractivity (Wildman–Crippen MR) is 122 cm³/mol. The van der Waals surface area contributed by atoms with Gasteiger partial charge in [-0.15, -0.1) is 0 Å². The Morgan fingerprint density at radius 3 is 2.71 bits per heavy atom. The van der Waals surface area contributed by atoms with Gasteiger partial charge in [-0.1, -0.05) is 36.0 Å². The number of halogens is 1. The van der Waals surface area contributed by atoms with Crippen LogP contribution in [0, 0.1) is 5.82 Å². The SMILES string of the molecule is CSc1ncc(C(=O)N2CC=C(c3c[nH]c4ccccc34)CC2)n1-c1ccc(F)cc1. The highest BCUT2D eigenvalue weighted by Gasteiger charge is 2.25. The van der Waals surface area contributed by atoms with Crippen LogP contribution in [0.5, 0.6) is 0 Å². The third-order valence-electron chi connectivity index (χ3n) is 5.65. The molecular formula is C24H21FN4OS. The molecule has 0 atom stereocenters. The van der Waals surface area contributed by atoms with E-state index in [0.29, 0.717) is 23.9 Å². The average Bonchev–Trinajstić information content (AvgIpc) is 3.44. The molecule has 1 amide bonds. The normalized spacial score (nSPS) is 14.1. The molecule has 7 heteroatoms. The summed E-state index contributed by atoms with van der Waals surface area (Å²) in [6, 6.07) is 14.4. The van der Waals surface area contributed by atoms with Crippen LogP contribution in [0.1, 0.15) is 22.5 Å². The molecule has 2 aromatic carbocycles. The maximum absolute atomic E-state index is 13.4. The molecule has 31 heavy (non-hydrogen) atoms. The smallest absolute Gasteiger partial charge is 0.272 e. The monoisotopic (exact) mass is 432 g/mol. The van der Waals surface area contributed by atoms with E-state index in [0.717, 1.165) is 17.6 Å². The van der Waals surface area contributed by atoms with Crippen molar-refractivity contribution in [3.63, 3.8) is 0 Å². The molecule has 0 spiro atoms. The van der Waals surface area contributed by atoms with Gasteiger partial charge in [0.25, 0.3) is 5.91 Å². The quantitative estimate of drug-likeness (QED) is 0.454. The van der Waals surface area contributed by atoms with Gasteiger partial charge < -0.3 is 9.88 Å². The first-order chi connectivity index (χ1) is 15.2. The molecule has 0 unspecified atom stereocenters. The number of imidazole rings is 1. The molecule has 0 bridgehead atoms. The number of hydrogen-bond donors (Lipinski definition) is 1. The molecule has 0 saturated carbocycles. The Bertz CT molecular complexity index is 1290. The van der Waals surface area contributed by atoms with E-state index in [1.165, 1.54) is 40.4 Å². The van der Waals surface area contributed by atoms with Crippen LogP contribution in [0.25, 0.3) is 22.2 Å². The van der Waals surface area contributed by atoms with Gasteiger partial charge >= 0.3 is 0 Å². The molecule has 3 heterocycles. The molecule has 1 aliphatic heterocycles. The number of benzene rings is 2. The number of nitrogens with one attached hydrogen (secondary N) is 1. The maximum Gasteiger partial charge on any atom is 0.272 e. The molecule has 0 radical (unpaired) electrons. The van der Waals surface area contributed by atoms with Crippen molar-refractivity contribution in [2.24, 2.45) is 0 Å². The number of carbonyl (C=O) groups is 1. The minimum absolute atomic E-state index is 0.0775. The highest BCUT2D eigenvalue weighted by molar-refractivity contribution is 7.98.